The maximum atomic E-state index is 12.4. The fourth-order valence-electron chi connectivity index (χ4n) is 2.33. The van der Waals surface area contributed by atoms with E-state index < -0.39 is 0 Å². The molecule has 0 aliphatic carbocycles. The Hall–Kier alpha value is -1.80. The van der Waals surface area contributed by atoms with Crippen LogP contribution in [0.4, 0.5) is 0 Å². The molecule has 19 heavy (non-hydrogen) atoms. The maximum Gasteiger partial charge on any atom is 0.193 e. The topological polar surface area (TPSA) is 26.3 Å². The van der Waals surface area contributed by atoms with Gasteiger partial charge in [-0.1, -0.05) is 11.6 Å². The Kier molecular flexibility index (Phi) is 3.03. The van der Waals surface area contributed by atoms with Gasteiger partial charge in [0.15, 0.2) is 5.78 Å². The number of rotatable bonds is 2. The zero-order valence-corrected chi connectivity index (χ0v) is 11.3. The Bertz CT molecular complexity index is 632. The van der Waals surface area contributed by atoms with Crippen molar-refractivity contribution in [3.63, 3.8) is 0 Å². The highest BCUT2D eigenvalue weighted by atomic mass is 35.5. The van der Waals surface area contributed by atoms with Crippen molar-refractivity contribution < 1.29 is 9.53 Å². The van der Waals surface area contributed by atoms with Gasteiger partial charge in [-0.25, -0.2) is 0 Å². The molecule has 0 fully saturated rings. The van der Waals surface area contributed by atoms with Crippen LogP contribution in [0.2, 0.25) is 5.02 Å². The van der Waals surface area contributed by atoms with Gasteiger partial charge >= 0.3 is 0 Å². The van der Waals surface area contributed by atoms with Crippen LogP contribution in [0.3, 0.4) is 0 Å². The van der Waals surface area contributed by atoms with Crippen LogP contribution in [0.25, 0.3) is 0 Å². The Morgan fingerprint density at radius 2 is 1.84 bits per heavy atom. The van der Waals surface area contributed by atoms with E-state index in [1.807, 2.05) is 25.1 Å². The second kappa shape index (κ2) is 4.71. The number of ketones is 1. The molecule has 0 N–H and O–H groups in total. The predicted octanol–water partition coefficient (Wildman–Crippen LogP) is 3.89. The van der Waals surface area contributed by atoms with Crippen LogP contribution < -0.4 is 4.74 Å². The van der Waals surface area contributed by atoms with Crippen molar-refractivity contribution in [2.24, 2.45) is 0 Å². The second-order valence-electron chi connectivity index (χ2n) is 4.79. The summed E-state index contributed by atoms with van der Waals surface area (Å²) < 4.78 is 5.63. The zero-order chi connectivity index (χ0) is 13.4. The summed E-state index contributed by atoms with van der Waals surface area (Å²) in [6.45, 7) is 2.03. The molecule has 96 valence electrons. The van der Waals surface area contributed by atoms with Gasteiger partial charge in [-0.05, 0) is 55.0 Å². The second-order valence-corrected chi connectivity index (χ2v) is 5.23. The van der Waals surface area contributed by atoms with Crippen molar-refractivity contribution in [2.75, 3.05) is 0 Å². The summed E-state index contributed by atoms with van der Waals surface area (Å²) in [7, 11) is 0. The highest BCUT2D eigenvalue weighted by Crippen LogP contribution is 2.30. The summed E-state index contributed by atoms with van der Waals surface area (Å²) in [4.78, 5) is 12.4. The average Bonchev–Trinajstić information content (AvgIpc) is 2.77. The third-order valence-corrected chi connectivity index (χ3v) is 3.52. The van der Waals surface area contributed by atoms with Crippen molar-refractivity contribution in [2.45, 2.75) is 19.4 Å². The molecule has 2 aromatic rings. The molecule has 1 aliphatic rings. The van der Waals surface area contributed by atoms with Crippen LogP contribution in [0.1, 0.15) is 28.4 Å². The van der Waals surface area contributed by atoms with Crippen molar-refractivity contribution in [3.05, 3.63) is 64.2 Å². The number of halogens is 1. The predicted molar refractivity (Wildman–Crippen MR) is 75.1 cm³/mol. The first-order valence-corrected chi connectivity index (χ1v) is 6.61. The average molecular weight is 273 g/mol. The van der Waals surface area contributed by atoms with E-state index in [0.717, 1.165) is 17.7 Å². The Balaban J connectivity index is 1.93. The minimum absolute atomic E-state index is 0.0130. The number of hydrogen-bond acceptors (Lipinski definition) is 2. The Labute approximate surface area is 117 Å². The van der Waals surface area contributed by atoms with E-state index in [2.05, 4.69) is 0 Å². The molecule has 0 unspecified atom stereocenters. The summed E-state index contributed by atoms with van der Waals surface area (Å²) in [5, 5.41) is 0.632. The molecule has 0 saturated heterocycles. The van der Waals surface area contributed by atoms with Crippen LogP contribution >= 0.6 is 11.6 Å². The van der Waals surface area contributed by atoms with Crippen LogP contribution in [0, 0.1) is 0 Å². The Morgan fingerprint density at radius 1 is 1.16 bits per heavy atom. The first kappa shape index (κ1) is 12.2. The number of benzene rings is 2. The maximum absolute atomic E-state index is 12.4. The van der Waals surface area contributed by atoms with E-state index >= 15 is 0 Å². The molecule has 3 heteroatoms. The monoisotopic (exact) mass is 272 g/mol. The van der Waals surface area contributed by atoms with E-state index in [1.165, 1.54) is 0 Å². The summed E-state index contributed by atoms with van der Waals surface area (Å²) >= 11 is 5.83. The molecule has 0 amide bonds. The fraction of sp³-hybridized carbons (Fsp3) is 0.188. The van der Waals surface area contributed by atoms with E-state index in [-0.39, 0.29) is 11.9 Å². The molecule has 1 heterocycles. The molecule has 0 saturated carbocycles. The van der Waals surface area contributed by atoms with Gasteiger partial charge in [-0.3, -0.25) is 4.79 Å². The molecule has 0 radical (unpaired) electrons. The minimum Gasteiger partial charge on any atom is -0.490 e. The third kappa shape index (κ3) is 2.36. The van der Waals surface area contributed by atoms with E-state index in [4.69, 9.17) is 16.3 Å². The number of carbonyl (C=O) groups is 1. The highest BCUT2D eigenvalue weighted by molar-refractivity contribution is 6.30. The molecule has 2 aromatic carbocycles. The molecule has 1 atom stereocenters. The van der Waals surface area contributed by atoms with E-state index in [0.29, 0.717) is 16.1 Å². The number of carbonyl (C=O) groups excluding carboxylic acids is 1. The largest absolute Gasteiger partial charge is 0.490 e. The molecule has 0 aromatic heterocycles. The van der Waals surface area contributed by atoms with Gasteiger partial charge in [0.2, 0.25) is 0 Å². The zero-order valence-electron chi connectivity index (χ0n) is 10.5. The fourth-order valence-corrected chi connectivity index (χ4v) is 2.46. The quantitative estimate of drug-likeness (QED) is 0.775. The lowest BCUT2D eigenvalue weighted by molar-refractivity contribution is 0.103. The number of ether oxygens (including phenoxy) is 1. The minimum atomic E-state index is 0.0130. The molecule has 3 rings (SSSR count). The van der Waals surface area contributed by atoms with Crippen molar-refractivity contribution in [1.29, 1.82) is 0 Å². The normalized spacial score (nSPS) is 16.8. The number of fused-ring (bicyclic) bond motifs is 1. The lowest BCUT2D eigenvalue weighted by Gasteiger charge is -2.04. The Morgan fingerprint density at radius 3 is 2.58 bits per heavy atom. The van der Waals surface area contributed by atoms with E-state index in [1.54, 1.807) is 24.3 Å². The lowest BCUT2D eigenvalue weighted by Crippen LogP contribution is -2.05. The molecule has 0 spiro atoms. The summed E-state index contributed by atoms with van der Waals surface area (Å²) in [5.74, 6) is 0.902. The summed E-state index contributed by atoms with van der Waals surface area (Å²) in [5.41, 5.74) is 2.45. The van der Waals surface area contributed by atoms with Gasteiger partial charge in [0.25, 0.3) is 0 Å². The summed E-state index contributed by atoms with van der Waals surface area (Å²) in [6, 6.07) is 12.6. The van der Waals surface area contributed by atoms with Gasteiger partial charge in [-0.2, -0.15) is 0 Å². The van der Waals surface area contributed by atoms with Gasteiger partial charge < -0.3 is 4.74 Å². The molecule has 0 bridgehead atoms. The van der Waals surface area contributed by atoms with Crippen LogP contribution in [0.5, 0.6) is 5.75 Å². The van der Waals surface area contributed by atoms with Gasteiger partial charge in [-0.15, -0.1) is 0 Å². The van der Waals surface area contributed by atoms with Crippen molar-refractivity contribution >= 4 is 17.4 Å². The molecule has 2 nitrogen and oxygen atoms in total. The summed E-state index contributed by atoms with van der Waals surface area (Å²) in [6.07, 6.45) is 1.05. The number of hydrogen-bond donors (Lipinski definition) is 0. The van der Waals surface area contributed by atoms with Crippen molar-refractivity contribution in [3.8, 4) is 5.75 Å². The first-order valence-electron chi connectivity index (χ1n) is 6.23. The van der Waals surface area contributed by atoms with Gasteiger partial charge in [0, 0.05) is 22.6 Å². The first-order chi connectivity index (χ1) is 9.13. The molecular formula is C16H13ClO2. The smallest absolute Gasteiger partial charge is 0.193 e. The lowest BCUT2D eigenvalue weighted by atomic mass is 10.00. The standard InChI is InChI=1S/C16H13ClO2/c1-10-8-13-9-12(4-7-15(13)19-10)16(18)11-2-5-14(17)6-3-11/h2-7,9-10H,8H2,1H3/t10-/m1/s1. The van der Waals surface area contributed by atoms with Crippen molar-refractivity contribution in [1.82, 2.24) is 0 Å². The van der Waals surface area contributed by atoms with Gasteiger partial charge in [0.05, 0.1) is 0 Å². The highest BCUT2D eigenvalue weighted by Gasteiger charge is 2.20. The van der Waals surface area contributed by atoms with Gasteiger partial charge in [0.1, 0.15) is 11.9 Å². The molecule has 1 aliphatic heterocycles. The third-order valence-electron chi connectivity index (χ3n) is 3.26. The van der Waals surface area contributed by atoms with Crippen LogP contribution in [-0.4, -0.2) is 11.9 Å². The SMILES string of the molecule is C[C@@H]1Cc2cc(C(=O)c3ccc(Cl)cc3)ccc2O1. The van der Waals surface area contributed by atoms with Crippen LogP contribution in [0.15, 0.2) is 42.5 Å². The van der Waals surface area contributed by atoms with Crippen LogP contribution in [-0.2, 0) is 6.42 Å². The van der Waals surface area contributed by atoms with E-state index in [9.17, 15) is 4.79 Å². The molecular weight excluding hydrogens is 260 g/mol.